The van der Waals surface area contributed by atoms with Crippen LogP contribution in [0.25, 0.3) is 0 Å². The molecule has 1 aliphatic rings. The van der Waals surface area contributed by atoms with Crippen LogP contribution in [0, 0.1) is 0 Å². The predicted octanol–water partition coefficient (Wildman–Crippen LogP) is 4.05. The molecule has 5 nitrogen and oxygen atoms in total. The number of sulfonamides is 1. The zero-order chi connectivity index (χ0) is 18.6. The van der Waals surface area contributed by atoms with Crippen molar-refractivity contribution in [1.29, 1.82) is 0 Å². The number of hydrogen-bond donors (Lipinski definition) is 1. The smallest absolute Gasteiger partial charge is 0.261 e. The Morgan fingerprint density at radius 1 is 1.04 bits per heavy atom. The minimum Gasteiger partial charge on any atom is -0.496 e. The third-order valence-corrected chi connectivity index (χ3v) is 6.16. The van der Waals surface area contributed by atoms with Crippen LogP contribution in [-0.4, -0.2) is 28.6 Å². The fraction of sp³-hybridized carbons (Fsp3) is 0.400. The highest BCUT2D eigenvalue weighted by Crippen LogP contribution is 2.26. The fourth-order valence-corrected chi connectivity index (χ4v) is 4.41. The topological polar surface area (TPSA) is 58.6 Å². The molecule has 0 saturated carbocycles. The van der Waals surface area contributed by atoms with Crippen LogP contribution in [0.2, 0.25) is 0 Å². The molecular weight excluding hydrogens is 348 g/mol. The van der Waals surface area contributed by atoms with E-state index in [9.17, 15) is 8.42 Å². The van der Waals surface area contributed by atoms with Crippen molar-refractivity contribution < 1.29 is 13.2 Å². The minimum atomic E-state index is -3.63. The van der Waals surface area contributed by atoms with Crippen LogP contribution >= 0.6 is 0 Å². The first-order chi connectivity index (χ1) is 12.5. The summed E-state index contributed by atoms with van der Waals surface area (Å²) in [6, 6.07) is 12.6. The van der Waals surface area contributed by atoms with E-state index in [1.807, 2.05) is 31.2 Å². The Morgan fingerprint density at radius 2 is 1.73 bits per heavy atom. The summed E-state index contributed by atoms with van der Waals surface area (Å²) in [6.45, 7) is 4.11. The molecule has 0 aromatic heterocycles. The molecule has 0 spiro atoms. The van der Waals surface area contributed by atoms with E-state index in [0.29, 0.717) is 17.9 Å². The monoisotopic (exact) mass is 374 g/mol. The number of nitrogens with one attached hydrogen (secondary N) is 1. The highest BCUT2D eigenvalue weighted by molar-refractivity contribution is 7.92. The molecule has 1 aliphatic heterocycles. The maximum Gasteiger partial charge on any atom is 0.261 e. The van der Waals surface area contributed by atoms with Gasteiger partial charge >= 0.3 is 0 Å². The van der Waals surface area contributed by atoms with Gasteiger partial charge in [0.2, 0.25) is 0 Å². The Bertz CT molecular complexity index is 842. The lowest BCUT2D eigenvalue weighted by Crippen LogP contribution is -2.29. The first kappa shape index (κ1) is 18.6. The number of benzene rings is 2. The van der Waals surface area contributed by atoms with Crippen LogP contribution in [0.4, 0.5) is 11.4 Å². The summed E-state index contributed by atoms with van der Waals surface area (Å²) in [5.41, 5.74) is 2.58. The Morgan fingerprint density at radius 3 is 2.35 bits per heavy atom. The molecule has 0 aliphatic carbocycles. The van der Waals surface area contributed by atoms with E-state index in [1.165, 1.54) is 19.3 Å². The molecule has 0 unspecified atom stereocenters. The highest BCUT2D eigenvalue weighted by atomic mass is 32.2. The van der Waals surface area contributed by atoms with Crippen molar-refractivity contribution in [1.82, 2.24) is 0 Å². The molecule has 1 fully saturated rings. The molecule has 6 heteroatoms. The number of ether oxygens (including phenoxy) is 1. The average Bonchev–Trinajstić information content (AvgIpc) is 2.68. The number of nitrogens with zero attached hydrogens (tertiary/aromatic N) is 1. The van der Waals surface area contributed by atoms with Gasteiger partial charge in [0.05, 0.1) is 12.0 Å². The van der Waals surface area contributed by atoms with Gasteiger partial charge in [-0.1, -0.05) is 6.92 Å². The summed E-state index contributed by atoms with van der Waals surface area (Å²) in [5, 5.41) is 0. The van der Waals surface area contributed by atoms with Crippen molar-refractivity contribution in [2.75, 3.05) is 29.8 Å². The summed E-state index contributed by atoms with van der Waals surface area (Å²) < 4.78 is 33.3. The zero-order valence-corrected chi connectivity index (χ0v) is 16.2. The molecule has 0 radical (unpaired) electrons. The molecule has 0 bridgehead atoms. The summed E-state index contributed by atoms with van der Waals surface area (Å²) >= 11 is 0. The second kappa shape index (κ2) is 7.99. The Balaban J connectivity index is 1.76. The Kier molecular flexibility index (Phi) is 5.71. The van der Waals surface area contributed by atoms with Crippen molar-refractivity contribution in [3.8, 4) is 5.75 Å². The molecule has 0 atom stereocenters. The fourth-order valence-electron chi connectivity index (χ4n) is 3.30. The minimum absolute atomic E-state index is 0.246. The second-order valence-electron chi connectivity index (χ2n) is 6.53. The van der Waals surface area contributed by atoms with Crippen molar-refractivity contribution in [2.45, 2.75) is 37.5 Å². The number of methoxy groups -OCH3 is 1. The molecular formula is C20H26N2O3S. The van der Waals surface area contributed by atoms with Crippen LogP contribution in [0.15, 0.2) is 47.4 Å². The normalized spacial score (nSPS) is 14.9. The number of rotatable bonds is 6. The average molecular weight is 375 g/mol. The zero-order valence-electron chi connectivity index (χ0n) is 15.4. The van der Waals surface area contributed by atoms with Crippen molar-refractivity contribution in [3.63, 3.8) is 0 Å². The maximum atomic E-state index is 12.7. The SMILES string of the molecule is CCc1cc(S(=O)(=O)Nc2ccc(N3CCCCC3)cc2)ccc1OC. The van der Waals surface area contributed by atoms with E-state index >= 15 is 0 Å². The van der Waals surface area contributed by atoms with Crippen molar-refractivity contribution in [3.05, 3.63) is 48.0 Å². The summed E-state index contributed by atoms with van der Waals surface area (Å²) in [6.07, 6.45) is 4.42. The number of piperidine rings is 1. The molecule has 3 rings (SSSR count). The molecule has 140 valence electrons. The van der Waals surface area contributed by atoms with E-state index < -0.39 is 10.0 Å². The molecule has 0 amide bonds. The number of hydrogen-bond acceptors (Lipinski definition) is 4. The third kappa shape index (κ3) is 4.12. The molecule has 26 heavy (non-hydrogen) atoms. The van der Waals surface area contributed by atoms with Gasteiger partial charge in [0, 0.05) is 24.5 Å². The van der Waals surface area contributed by atoms with E-state index in [-0.39, 0.29) is 4.90 Å². The molecule has 2 aromatic rings. The summed E-state index contributed by atoms with van der Waals surface area (Å²) in [5.74, 6) is 0.706. The van der Waals surface area contributed by atoms with Gasteiger partial charge in [0.15, 0.2) is 0 Å². The number of anilines is 2. The Labute approximate surface area is 156 Å². The lowest BCUT2D eigenvalue weighted by Gasteiger charge is -2.28. The van der Waals surface area contributed by atoms with Gasteiger partial charge < -0.3 is 9.64 Å². The lowest BCUT2D eigenvalue weighted by molar-refractivity contribution is 0.409. The summed E-state index contributed by atoms with van der Waals surface area (Å²) in [4.78, 5) is 2.59. The van der Waals surface area contributed by atoms with Crippen LogP contribution in [0.1, 0.15) is 31.7 Å². The largest absolute Gasteiger partial charge is 0.496 e. The third-order valence-electron chi connectivity index (χ3n) is 4.78. The van der Waals surface area contributed by atoms with Gasteiger partial charge in [-0.3, -0.25) is 4.72 Å². The lowest BCUT2D eigenvalue weighted by atomic mass is 10.1. The number of aryl methyl sites for hydroxylation is 1. The highest BCUT2D eigenvalue weighted by Gasteiger charge is 2.17. The van der Waals surface area contributed by atoms with Crippen LogP contribution in [-0.2, 0) is 16.4 Å². The van der Waals surface area contributed by atoms with E-state index in [4.69, 9.17) is 4.74 Å². The standard InChI is InChI=1S/C20H26N2O3S/c1-3-16-15-19(11-12-20(16)25-2)26(23,24)21-17-7-9-18(10-8-17)22-13-5-4-6-14-22/h7-12,15,21H,3-6,13-14H2,1-2H3. The van der Waals surface area contributed by atoms with Gasteiger partial charge in [0.25, 0.3) is 10.0 Å². The van der Waals surface area contributed by atoms with Gasteiger partial charge in [-0.05, 0) is 73.7 Å². The molecule has 1 heterocycles. The Hall–Kier alpha value is -2.21. The predicted molar refractivity (Wildman–Crippen MR) is 106 cm³/mol. The van der Waals surface area contributed by atoms with Crippen LogP contribution in [0.5, 0.6) is 5.75 Å². The van der Waals surface area contributed by atoms with E-state index in [2.05, 4.69) is 9.62 Å². The molecule has 1 N–H and O–H groups in total. The summed E-state index contributed by atoms with van der Waals surface area (Å²) in [7, 11) is -2.04. The van der Waals surface area contributed by atoms with Crippen molar-refractivity contribution in [2.24, 2.45) is 0 Å². The van der Waals surface area contributed by atoms with Crippen LogP contribution < -0.4 is 14.4 Å². The second-order valence-corrected chi connectivity index (χ2v) is 8.21. The van der Waals surface area contributed by atoms with Crippen LogP contribution in [0.3, 0.4) is 0 Å². The molecule has 2 aromatic carbocycles. The van der Waals surface area contributed by atoms with E-state index in [1.54, 1.807) is 25.3 Å². The van der Waals surface area contributed by atoms with Gasteiger partial charge in [-0.2, -0.15) is 0 Å². The van der Waals surface area contributed by atoms with Gasteiger partial charge in [-0.15, -0.1) is 0 Å². The first-order valence-electron chi connectivity index (χ1n) is 9.08. The van der Waals surface area contributed by atoms with E-state index in [0.717, 1.165) is 24.3 Å². The molecule has 1 saturated heterocycles. The van der Waals surface area contributed by atoms with Crippen molar-refractivity contribution >= 4 is 21.4 Å². The maximum absolute atomic E-state index is 12.7. The first-order valence-corrected chi connectivity index (χ1v) is 10.6. The van der Waals surface area contributed by atoms with Gasteiger partial charge in [0.1, 0.15) is 5.75 Å². The quantitative estimate of drug-likeness (QED) is 0.829. The van der Waals surface area contributed by atoms with Gasteiger partial charge in [-0.25, -0.2) is 8.42 Å².